The molecule has 0 saturated carbocycles. The summed E-state index contributed by atoms with van der Waals surface area (Å²) in [5.41, 5.74) is 0.944. The summed E-state index contributed by atoms with van der Waals surface area (Å²) in [6.07, 6.45) is 2.72. The molecular formula is C12H12N3O. The van der Waals surface area contributed by atoms with Gasteiger partial charge in [0, 0.05) is 18.5 Å². The highest BCUT2D eigenvalue weighted by Crippen LogP contribution is 2.22. The van der Waals surface area contributed by atoms with Gasteiger partial charge in [-0.2, -0.15) is 0 Å². The molecule has 1 aliphatic rings. The van der Waals surface area contributed by atoms with E-state index in [9.17, 15) is 0 Å². The van der Waals surface area contributed by atoms with Gasteiger partial charge in [0.15, 0.2) is 6.33 Å². The molecule has 4 nitrogen and oxygen atoms in total. The summed E-state index contributed by atoms with van der Waals surface area (Å²) in [5.74, 6) is 0.967. The van der Waals surface area contributed by atoms with Crippen LogP contribution in [0.25, 0.3) is 10.9 Å². The minimum Gasteiger partial charge on any atom is -0.378 e. The molecule has 1 aromatic carbocycles. The van der Waals surface area contributed by atoms with Crippen molar-refractivity contribution in [3.63, 3.8) is 0 Å². The van der Waals surface area contributed by atoms with Crippen molar-refractivity contribution < 1.29 is 4.74 Å². The van der Waals surface area contributed by atoms with Gasteiger partial charge in [0.2, 0.25) is 0 Å². The lowest BCUT2D eigenvalue weighted by atomic mass is 10.2. The highest BCUT2D eigenvalue weighted by Gasteiger charge is 2.15. The Bertz CT molecular complexity index is 489. The number of morpholine rings is 1. The summed E-state index contributed by atoms with van der Waals surface area (Å²) >= 11 is 0. The molecule has 4 heteroatoms. The van der Waals surface area contributed by atoms with Crippen molar-refractivity contribution in [3.05, 3.63) is 30.6 Å². The maximum Gasteiger partial charge on any atom is 0.200 e. The van der Waals surface area contributed by atoms with Gasteiger partial charge in [0.25, 0.3) is 0 Å². The van der Waals surface area contributed by atoms with E-state index in [1.165, 1.54) is 0 Å². The molecule has 0 amide bonds. The number of hydrogen-bond acceptors (Lipinski definition) is 4. The van der Waals surface area contributed by atoms with Gasteiger partial charge < -0.3 is 9.64 Å². The van der Waals surface area contributed by atoms with Crippen LogP contribution in [0.3, 0.4) is 0 Å². The summed E-state index contributed by atoms with van der Waals surface area (Å²) in [5, 5.41) is 1.09. The quantitative estimate of drug-likeness (QED) is 0.716. The van der Waals surface area contributed by atoms with Crippen LogP contribution in [0.4, 0.5) is 5.82 Å². The number of fused-ring (bicyclic) bond motifs is 1. The Hall–Kier alpha value is -1.68. The third kappa shape index (κ3) is 1.61. The molecule has 1 fully saturated rings. The first kappa shape index (κ1) is 9.54. The average Bonchev–Trinajstić information content (AvgIpc) is 2.39. The Morgan fingerprint density at radius 2 is 1.94 bits per heavy atom. The maximum absolute atomic E-state index is 5.34. The number of para-hydroxylation sites is 1. The van der Waals surface area contributed by atoms with Gasteiger partial charge in [-0.15, -0.1) is 0 Å². The fraction of sp³-hybridized carbons (Fsp3) is 0.333. The van der Waals surface area contributed by atoms with Gasteiger partial charge in [-0.1, -0.05) is 12.1 Å². The molecule has 2 aromatic rings. The molecule has 1 aromatic heterocycles. The lowest BCUT2D eigenvalue weighted by Gasteiger charge is -2.28. The topological polar surface area (TPSA) is 38.2 Å². The maximum atomic E-state index is 5.34. The molecule has 2 heterocycles. The molecule has 0 N–H and O–H groups in total. The van der Waals surface area contributed by atoms with E-state index < -0.39 is 0 Å². The monoisotopic (exact) mass is 214 g/mol. The molecule has 0 aliphatic carbocycles. The van der Waals surface area contributed by atoms with E-state index in [2.05, 4.69) is 21.2 Å². The summed E-state index contributed by atoms with van der Waals surface area (Å²) in [4.78, 5) is 10.6. The lowest BCUT2D eigenvalue weighted by molar-refractivity contribution is 0.122. The second kappa shape index (κ2) is 4.06. The predicted molar refractivity (Wildman–Crippen MR) is 61.4 cm³/mol. The van der Waals surface area contributed by atoms with E-state index >= 15 is 0 Å². The highest BCUT2D eigenvalue weighted by molar-refractivity contribution is 5.89. The zero-order chi connectivity index (χ0) is 10.8. The summed E-state index contributed by atoms with van der Waals surface area (Å²) in [6.45, 7) is 3.29. The first-order valence-corrected chi connectivity index (χ1v) is 5.41. The molecule has 3 rings (SSSR count). The van der Waals surface area contributed by atoms with Crippen molar-refractivity contribution in [2.75, 3.05) is 31.2 Å². The predicted octanol–water partition coefficient (Wildman–Crippen LogP) is 1.27. The first-order valence-electron chi connectivity index (χ1n) is 5.41. The molecule has 0 spiro atoms. The van der Waals surface area contributed by atoms with Crippen LogP contribution >= 0.6 is 0 Å². The summed E-state index contributed by atoms with van der Waals surface area (Å²) in [6, 6.07) is 8.02. The minimum absolute atomic E-state index is 0.762. The van der Waals surface area contributed by atoms with E-state index in [0.717, 1.165) is 43.0 Å². The van der Waals surface area contributed by atoms with Crippen molar-refractivity contribution in [2.45, 2.75) is 0 Å². The van der Waals surface area contributed by atoms with E-state index in [1.54, 1.807) is 0 Å². The second-order valence-corrected chi connectivity index (χ2v) is 3.76. The Morgan fingerprint density at radius 3 is 2.81 bits per heavy atom. The van der Waals surface area contributed by atoms with Gasteiger partial charge in [0.05, 0.1) is 18.7 Å². The normalized spacial score (nSPS) is 16.6. The van der Waals surface area contributed by atoms with Gasteiger partial charge >= 0.3 is 0 Å². The molecule has 0 bridgehead atoms. The number of benzene rings is 1. The van der Waals surface area contributed by atoms with Crippen LogP contribution in [0.5, 0.6) is 0 Å². The zero-order valence-electron chi connectivity index (χ0n) is 8.89. The molecule has 1 aliphatic heterocycles. The Balaban J connectivity index is 2.08. The Kier molecular flexibility index (Phi) is 2.42. The van der Waals surface area contributed by atoms with Crippen LogP contribution in [-0.4, -0.2) is 36.3 Å². The van der Waals surface area contributed by atoms with E-state index in [0.29, 0.717) is 0 Å². The van der Waals surface area contributed by atoms with Crippen LogP contribution in [0.2, 0.25) is 0 Å². The number of anilines is 1. The van der Waals surface area contributed by atoms with Crippen LogP contribution in [-0.2, 0) is 4.74 Å². The fourth-order valence-electron chi connectivity index (χ4n) is 1.96. The van der Waals surface area contributed by atoms with E-state index in [4.69, 9.17) is 4.74 Å². The number of hydrogen-bond donors (Lipinski definition) is 0. The van der Waals surface area contributed by atoms with Crippen molar-refractivity contribution in [1.82, 2.24) is 9.97 Å². The van der Waals surface area contributed by atoms with Crippen LogP contribution in [0, 0.1) is 6.33 Å². The van der Waals surface area contributed by atoms with Gasteiger partial charge in [-0.05, 0) is 12.1 Å². The summed E-state index contributed by atoms with van der Waals surface area (Å²) in [7, 11) is 0. The number of aromatic nitrogens is 2. The van der Waals surface area contributed by atoms with Crippen LogP contribution < -0.4 is 4.90 Å². The largest absolute Gasteiger partial charge is 0.378 e. The SMILES string of the molecule is [c]1nc(N2CCOCC2)c2ccccc2n1. The number of nitrogens with zero attached hydrogens (tertiary/aromatic N) is 3. The van der Waals surface area contributed by atoms with Crippen LogP contribution in [0.15, 0.2) is 24.3 Å². The number of ether oxygens (including phenoxy) is 1. The first-order chi connectivity index (χ1) is 7.95. The molecular weight excluding hydrogens is 202 g/mol. The minimum atomic E-state index is 0.762. The third-order valence-electron chi connectivity index (χ3n) is 2.78. The molecule has 0 unspecified atom stereocenters. The third-order valence-corrected chi connectivity index (χ3v) is 2.78. The standard InChI is InChI=1S/C12H12N3O/c1-2-4-11-10(3-1)12(14-9-13-11)15-5-7-16-8-6-15/h1-4H,5-8H2. The van der Waals surface area contributed by atoms with Crippen LogP contribution in [0.1, 0.15) is 0 Å². The molecule has 81 valence electrons. The Labute approximate surface area is 93.9 Å². The number of rotatable bonds is 1. The molecule has 16 heavy (non-hydrogen) atoms. The Morgan fingerprint density at radius 1 is 1.12 bits per heavy atom. The van der Waals surface area contributed by atoms with Gasteiger partial charge in [-0.25, -0.2) is 9.97 Å². The van der Waals surface area contributed by atoms with Crippen molar-refractivity contribution in [3.8, 4) is 0 Å². The highest BCUT2D eigenvalue weighted by atomic mass is 16.5. The van der Waals surface area contributed by atoms with Gasteiger partial charge in [-0.3, -0.25) is 0 Å². The molecule has 0 atom stereocenters. The van der Waals surface area contributed by atoms with Crippen molar-refractivity contribution >= 4 is 16.7 Å². The summed E-state index contributed by atoms with van der Waals surface area (Å²) < 4.78 is 5.34. The smallest absolute Gasteiger partial charge is 0.200 e. The molecule has 1 saturated heterocycles. The second-order valence-electron chi connectivity index (χ2n) is 3.76. The average molecular weight is 214 g/mol. The van der Waals surface area contributed by atoms with E-state index in [1.807, 2.05) is 24.3 Å². The lowest BCUT2D eigenvalue weighted by Crippen LogP contribution is -2.36. The van der Waals surface area contributed by atoms with Gasteiger partial charge in [0.1, 0.15) is 5.82 Å². The van der Waals surface area contributed by atoms with E-state index in [-0.39, 0.29) is 0 Å². The molecule has 1 radical (unpaired) electrons. The van der Waals surface area contributed by atoms with Crippen molar-refractivity contribution in [2.24, 2.45) is 0 Å². The van der Waals surface area contributed by atoms with Crippen molar-refractivity contribution in [1.29, 1.82) is 0 Å². The fourth-order valence-corrected chi connectivity index (χ4v) is 1.96. The zero-order valence-corrected chi connectivity index (χ0v) is 8.89.